The molecule has 1 saturated heterocycles. The Kier molecular flexibility index (Phi) is 2.92. The number of fused-ring (bicyclic) bond motifs is 2. The minimum Gasteiger partial charge on any atom is -0.466 e. The lowest BCUT2D eigenvalue weighted by Gasteiger charge is -2.26. The average molecular weight is 243 g/mol. The van der Waals surface area contributed by atoms with Crippen molar-refractivity contribution in [1.82, 2.24) is 5.32 Å². The summed E-state index contributed by atoms with van der Waals surface area (Å²) in [5.74, 6) is -0.188. The molecule has 0 aliphatic carbocycles. The van der Waals surface area contributed by atoms with Gasteiger partial charge in [0, 0.05) is 12.1 Å². The van der Waals surface area contributed by atoms with Crippen LogP contribution < -0.4 is 5.32 Å². The van der Waals surface area contributed by atoms with E-state index in [-0.39, 0.29) is 12.0 Å². The van der Waals surface area contributed by atoms with Crippen molar-refractivity contribution in [3.8, 4) is 0 Å². The second-order valence-electron chi connectivity index (χ2n) is 4.95. The van der Waals surface area contributed by atoms with Gasteiger partial charge in [0.25, 0.3) is 0 Å². The van der Waals surface area contributed by atoms with E-state index in [1.807, 2.05) is 18.2 Å². The Morgan fingerprint density at radius 2 is 2.06 bits per heavy atom. The highest BCUT2D eigenvalue weighted by atomic mass is 16.5. The molecule has 18 heavy (non-hydrogen) atoms. The Hall–Kier alpha value is -1.61. The van der Waals surface area contributed by atoms with E-state index in [4.69, 9.17) is 4.74 Å². The molecule has 3 nitrogen and oxygen atoms in total. The van der Waals surface area contributed by atoms with Crippen molar-refractivity contribution in [3.05, 3.63) is 41.5 Å². The van der Waals surface area contributed by atoms with Gasteiger partial charge in [0.15, 0.2) is 0 Å². The van der Waals surface area contributed by atoms with Crippen LogP contribution in [0.1, 0.15) is 24.8 Å². The highest BCUT2D eigenvalue weighted by Gasteiger charge is 2.37. The lowest BCUT2D eigenvalue weighted by atomic mass is 9.90. The van der Waals surface area contributed by atoms with Crippen molar-refractivity contribution in [2.24, 2.45) is 0 Å². The molecule has 1 fully saturated rings. The summed E-state index contributed by atoms with van der Waals surface area (Å²) in [5, 5.41) is 3.50. The van der Waals surface area contributed by atoms with E-state index < -0.39 is 0 Å². The van der Waals surface area contributed by atoms with E-state index in [0.717, 1.165) is 36.0 Å². The number of benzene rings is 1. The minimum absolute atomic E-state index is 0.173. The van der Waals surface area contributed by atoms with E-state index >= 15 is 0 Å². The predicted molar refractivity (Wildman–Crippen MR) is 69.9 cm³/mol. The number of nitrogens with one attached hydrogen (secondary N) is 1. The van der Waals surface area contributed by atoms with Crippen LogP contribution in [0.15, 0.2) is 35.9 Å². The molecule has 3 heteroatoms. The number of methoxy groups -OCH3 is 1. The first-order valence-electron chi connectivity index (χ1n) is 6.42. The van der Waals surface area contributed by atoms with Crippen LogP contribution in [0.2, 0.25) is 0 Å². The first kappa shape index (κ1) is 11.5. The molecule has 0 radical (unpaired) electrons. The molecule has 3 rings (SSSR count). The van der Waals surface area contributed by atoms with E-state index in [1.54, 1.807) is 0 Å². The van der Waals surface area contributed by atoms with Crippen molar-refractivity contribution < 1.29 is 9.53 Å². The fraction of sp³-hybridized carbons (Fsp3) is 0.400. The highest BCUT2D eigenvalue weighted by Crippen LogP contribution is 2.37. The van der Waals surface area contributed by atoms with E-state index in [9.17, 15) is 4.79 Å². The third-order valence-electron chi connectivity index (χ3n) is 3.89. The number of carbonyl (C=O) groups excluding carboxylic acids is 1. The van der Waals surface area contributed by atoms with Crippen LogP contribution in [-0.4, -0.2) is 25.2 Å². The number of hydrogen-bond donors (Lipinski definition) is 1. The van der Waals surface area contributed by atoms with Gasteiger partial charge in [0.2, 0.25) is 0 Å². The van der Waals surface area contributed by atoms with Gasteiger partial charge in [-0.1, -0.05) is 30.3 Å². The molecule has 0 aromatic heterocycles. The Balaban J connectivity index is 2.09. The molecule has 0 amide bonds. The maximum absolute atomic E-state index is 12.0. The van der Waals surface area contributed by atoms with Crippen molar-refractivity contribution in [3.63, 3.8) is 0 Å². The van der Waals surface area contributed by atoms with E-state index in [0.29, 0.717) is 6.04 Å². The van der Waals surface area contributed by atoms with Crippen LogP contribution in [0.5, 0.6) is 0 Å². The Morgan fingerprint density at radius 3 is 2.78 bits per heavy atom. The SMILES string of the molecule is COC(=O)C1=C(c2ccccc2)CC2CCC1N2. The Labute approximate surface area is 107 Å². The summed E-state index contributed by atoms with van der Waals surface area (Å²) in [6.07, 6.45) is 3.10. The zero-order valence-corrected chi connectivity index (χ0v) is 10.5. The summed E-state index contributed by atoms with van der Waals surface area (Å²) in [5.41, 5.74) is 3.14. The molecule has 1 aromatic rings. The molecule has 1 N–H and O–H groups in total. The molecule has 1 aromatic carbocycles. The molecular formula is C15H17NO2. The van der Waals surface area contributed by atoms with Crippen LogP contribution in [0.25, 0.3) is 5.57 Å². The lowest BCUT2D eigenvalue weighted by Crippen LogP contribution is -2.38. The van der Waals surface area contributed by atoms with E-state index in [1.165, 1.54) is 7.11 Å². The number of hydrogen-bond acceptors (Lipinski definition) is 3. The summed E-state index contributed by atoms with van der Waals surface area (Å²) in [4.78, 5) is 12.0. The average Bonchev–Trinajstić information content (AvgIpc) is 2.80. The molecule has 2 unspecified atom stereocenters. The van der Waals surface area contributed by atoms with Gasteiger partial charge in [-0.2, -0.15) is 0 Å². The predicted octanol–water partition coefficient (Wildman–Crippen LogP) is 2.14. The second kappa shape index (κ2) is 4.58. The van der Waals surface area contributed by atoms with Gasteiger partial charge in [-0.3, -0.25) is 0 Å². The van der Waals surface area contributed by atoms with Gasteiger partial charge in [0.1, 0.15) is 0 Å². The topological polar surface area (TPSA) is 38.3 Å². The van der Waals surface area contributed by atoms with Gasteiger partial charge in [-0.15, -0.1) is 0 Å². The quantitative estimate of drug-likeness (QED) is 0.809. The number of rotatable bonds is 2. The number of carbonyl (C=O) groups is 1. The van der Waals surface area contributed by atoms with Crippen molar-refractivity contribution in [2.45, 2.75) is 31.3 Å². The molecule has 2 aliphatic rings. The maximum Gasteiger partial charge on any atom is 0.335 e. The smallest absolute Gasteiger partial charge is 0.335 e. The van der Waals surface area contributed by atoms with Crippen LogP contribution in [0.4, 0.5) is 0 Å². The second-order valence-corrected chi connectivity index (χ2v) is 4.95. The van der Waals surface area contributed by atoms with Gasteiger partial charge in [-0.05, 0) is 30.4 Å². The van der Waals surface area contributed by atoms with Gasteiger partial charge in [0.05, 0.1) is 12.7 Å². The third kappa shape index (κ3) is 1.85. The molecule has 0 spiro atoms. The molecule has 0 saturated carbocycles. The zero-order chi connectivity index (χ0) is 12.5. The molecule has 2 atom stereocenters. The van der Waals surface area contributed by atoms with Gasteiger partial charge >= 0.3 is 5.97 Å². The van der Waals surface area contributed by atoms with Gasteiger partial charge in [-0.25, -0.2) is 4.79 Å². The summed E-state index contributed by atoms with van der Waals surface area (Å²) in [6, 6.07) is 10.9. The van der Waals surface area contributed by atoms with Crippen LogP contribution in [0.3, 0.4) is 0 Å². The summed E-state index contributed by atoms with van der Waals surface area (Å²) in [6.45, 7) is 0. The van der Waals surface area contributed by atoms with E-state index in [2.05, 4.69) is 17.4 Å². The minimum atomic E-state index is -0.188. The molecule has 2 aliphatic heterocycles. The standard InChI is InChI=1S/C15H17NO2/c1-18-15(17)14-12(10-5-3-2-4-6-10)9-11-7-8-13(14)16-11/h2-6,11,13,16H,7-9H2,1H3. The lowest BCUT2D eigenvalue weighted by molar-refractivity contribution is -0.136. The first-order chi connectivity index (χ1) is 8.79. The Bertz CT molecular complexity index is 492. The number of esters is 1. The van der Waals surface area contributed by atoms with Gasteiger partial charge < -0.3 is 10.1 Å². The normalized spacial score (nSPS) is 26.3. The van der Waals surface area contributed by atoms with Crippen LogP contribution in [-0.2, 0) is 9.53 Å². The molecule has 94 valence electrons. The summed E-state index contributed by atoms with van der Waals surface area (Å²) >= 11 is 0. The molecule has 2 bridgehead atoms. The first-order valence-corrected chi connectivity index (χ1v) is 6.42. The zero-order valence-electron chi connectivity index (χ0n) is 10.5. The van der Waals surface area contributed by atoms with Crippen molar-refractivity contribution in [1.29, 1.82) is 0 Å². The monoisotopic (exact) mass is 243 g/mol. The van der Waals surface area contributed by atoms with Crippen molar-refractivity contribution >= 4 is 11.5 Å². The molecule has 2 heterocycles. The van der Waals surface area contributed by atoms with Crippen molar-refractivity contribution in [2.75, 3.05) is 7.11 Å². The molecular weight excluding hydrogens is 226 g/mol. The maximum atomic E-state index is 12.0. The van der Waals surface area contributed by atoms with Crippen LogP contribution in [0, 0.1) is 0 Å². The Morgan fingerprint density at radius 1 is 1.28 bits per heavy atom. The summed E-state index contributed by atoms with van der Waals surface area (Å²) < 4.78 is 4.96. The van der Waals surface area contributed by atoms with Crippen LogP contribution >= 0.6 is 0 Å². The fourth-order valence-corrected chi connectivity index (χ4v) is 3.06. The summed E-state index contributed by atoms with van der Waals surface area (Å²) in [7, 11) is 1.46. The highest BCUT2D eigenvalue weighted by molar-refractivity contribution is 5.99. The largest absolute Gasteiger partial charge is 0.466 e. The number of ether oxygens (including phenoxy) is 1. The third-order valence-corrected chi connectivity index (χ3v) is 3.89. The fourth-order valence-electron chi connectivity index (χ4n) is 3.06.